The molecule has 0 saturated carbocycles. The van der Waals surface area contributed by atoms with E-state index in [1.807, 2.05) is 9.80 Å². The van der Waals surface area contributed by atoms with Gasteiger partial charge in [-0.3, -0.25) is 4.79 Å². The van der Waals surface area contributed by atoms with E-state index >= 15 is 0 Å². The number of fused-ring (bicyclic) bond motifs is 1. The van der Waals surface area contributed by atoms with Crippen LogP contribution in [0.4, 0.5) is 6.01 Å². The fraction of sp³-hybridized carbons (Fsp3) is 0.615. The van der Waals surface area contributed by atoms with Crippen LogP contribution in [0.25, 0.3) is 0 Å². The van der Waals surface area contributed by atoms with Gasteiger partial charge in [0, 0.05) is 32.1 Å². The lowest BCUT2D eigenvalue weighted by atomic mass is 10.2. The third-order valence-corrected chi connectivity index (χ3v) is 3.74. The monoisotopic (exact) mass is 279 g/mol. The molecule has 1 aromatic heterocycles. The molecule has 0 radical (unpaired) electrons. The first-order valence-corrected chi connectivity index (χ1v) is 6.86. The molecule has 0 aliphatic carbocycles. The highest BCUT2D eigenvalue weighted by Crippen LogP contribution is 2.26. The number of carbonyl (C=O) groups is 2. The normalized spacial score (nSPS) is 22.1. The highest BCUT2D eigenvalue weighted by Gasteiger charge is 2.36. The van der Waals surface area contributed by atoms with Crippen LogP contribution in [0.1, 0.15) is 30.3 Å². The van der Waals surface area contributed by atoms with E-state index in [0.717, 1.165) is 6.42 Å². The van der Waals surface area contributed by atoms with E-state index in [2.05, 4.69) is 4.98 Å². The summed E-state index contributed by atoms with van der Waals surface area (Å²) in [5, 5.41) is 0. The molecular formula is C13H17N3O4. The second-order valence-electron chi connectivity index (χ2n) is 4.96. The molecule has 0 aromatic carbocycles. The van der Waals surface area contributed by atoms with Gasteiger partial charge in [-0.15, -0.1) is 0 Å². The zero-order chi connectivity index (χ0) is 14.1. The van der Waals surface area contributed by atoms with Gasteiger partial charge in [0.2, 0.25) is 5.91 Å². The third kappa shape index (κ3) is 2.23. The van der Waals surface area contributed by atoms with Crippen molar-refractivity contribution in [3.05, 3.63) is 12.0 Å². The van der Waals surface area contributed by atoms with Crippen LogP contribution in [-0.2, 0) is 9.53 Å². The minimum Gasteiger partial charge on any atom is -0.461 e. The second kappa shape index (κ2) is 5.15. The molecule has 1 aromatic rings. The predicted molar refractivity (Wildman–Crippen MR) is 69.4 cm³/mol. The quantitative estimate of drug-likeness (QED) is 0.757. The molecule has 20 heavy (non-hydrogen) atoms. The third-order valence-electron chi connectivity index (χ3n) is 3.74. The molecule has 2 saturated heterocycles. The van der Waals surface area contributed by atoms with Gasteiger partial charge in [-0.1, -0.05) is 0 Å². The van der Waals surface area contributed by atoms with Crippen LogP contribution < -0.4 is 4.90 Å². The van der Waals surface area contributed by atoms with Gasteiger partial charge in [-0.05, 0) is 13.3 Å². The smallest absolute Gasteiger partial charge is 0.360 e. The van der Waals surface area contributed by atoms with Gasteiger partial charge >= 0.3 is 5.97 Å². The zero-order valence-corrected chi connectivity index (χ0v) is 11.4. The van der Waals surface area contributed by atoms with Crippen LogP contribution in [0.5, 0.6) is 0 Å². The van der Waals surface area contributed by atoms with Gasteiger partial charge in [-0.25, -0.2) is 4.79 Å². The number of amides is 1. The van der Waals surface area contributed by atoms with Crippen molar-refractivity contribution < 1.29 is 18.7 Å². The molecule has 3 rings (SSSR count). The maximum atomic E-state index is 11.6. The van der Waals surface area contributed by atoms with Crippen molar-refractivity contribution in [2.45, 2.75) is 25.8 Å². The molecule has 2 aliphatic heterocycles. The number of oxazole rings is 1. The maximum Gasteiger partial charge on any atom is 0.360 e. The first-order valence-electron chi connectivity index (χ1n) is 6.86. The van der Waals surface area contributed by atoms with E-state index in [1.54, 1.807) is 6.92 Å². The summed E-state index contributed by atoms with van der Waals surface area (Å²) < 4.78 is 10.2. The minimum atomic E-state index is -0.475. The number of nitrogens with zero attached hydrogens (tertiary/aromatic N) is 3. The molecule has 7 nitrogen and oxygen atoms in total. The number of aromatic nitrogens is 1. The fourth-order valence-corrected chi connectivity index (χ4v) is 2.75. The Hall–Kier alpha value is -2.05. The van der Waals surface area contributed by atoms with Gasteiger partial charge < -0.3 is 19.0 Å². The van der Waals surface area contributed by atoms with Crippen LogP contribution >= 0.6 is 0 Å². The van der Waals surface area contributed by atoms with Gasteiger partial charge in [-0.2, -0.15) is 4.98 Å². The van der Waals surface area contributed by atoms with E-state index in [0.29, 0.717) is 38.7 Å². The van der Waals surface area contributed by atoms with Crippen molar-refractivity contribution in [3.63, 3.8) is 0 Å². The zero-order valence-electron chi connectivity index (χ0n) is 11.4. The van der Waals surface area contributed by atoms with Crippen LogP contribution in [0.3, 0.4) is 0 Å². The first kappa shape index (κ1) is 13.0. The molecular weight excluding hydrogens is 262 g/mol. The lowest BCUT2D eigenvalue weighted by Gasteiger charge is -2.36. The summed E-state index contributed by atoms with van der Waals surface area (Å²) in [6, 6.07) is 0.654. The number of esters is 1. The average molecular weight is 279 g/mol. The Balaban J connectivity index is 1.68. The number of anilines is 1. The average Bonchev–Trinajstić information content (AvgIpc) is 3.06. The van der Waals surface area contributed by atoms with E-state index in [1.165, 1.54) is 6.26 Å². The molecule has 108 valence electrons. The maximum absolute atomic E-state index is 11.6. The molecule has 0 N–H and O–H groups in total. The molecule has 1 amide bonds. The van der Waals surface area contributed by atoms with E-state index < -0.39 is 5.97 Å². The second-order valence-corrected chi connectivity index (χ2v) is 4.96. The van der Waals surface area contributed by atoms with E-state index in [9.17, 15) is 9.59 Å². The van der Waals surface area contributed by atoms with Gasteiger partial charge in [0.25, 0.3) is 6.01 Å². The fourth-order valence-electron chi connectivity index (χ4n) is 2.75. The topological polar surface area (TPSA) is 75.9 Å². The number of piperazine rings is 1. The Morgan fingerprint density at radius 3 is 3.20 bits per heavy atom. The summed E-state index contributed by atoms with van der Waals surface area (Å²) >= 11 is 0. The summed E-state index contributed by atoms with van der Waals surface area (Å²) in [5.74, 6) is -0.244. The van der Waals surface area contributed by atoms with E-state index in [-0.39, 0.29) is 17.6 Å². The molecule has 1 unspecified atom stereocenters. The molecule has 0 spiro atoms. The molecule has 1 atom stereocenters. The molecule has 0 bridgehead atoms. The molecule has 7 heteroatoms. The molecule has 3 heterocycles. The molecule has 2 fully saturated rings. The van der Waals surface area contributed by atoms with Crippen LogP contribution in [0.2, 0.25) is 0 Å². The number of ether oxygens (including phenoxy) is 1. The minimum absolute atomic E-state index is 0.187. The Bertz CT molecular complexity index is 527. The van der Waals surface area contributed by atoms with Crippen LogP contribution in [0.15, 0.2) is 10.7 Å². The summed E-state index contributed by atoms with van der Waals surface area (Å²) in [4.78, 5) is 31.2. The summed E-state index contributed by atoms with van der Waals surface area (Å²) in [6.45, 7) is 4.11. The van der Waals surface area contributed by atoms with Crippen molar-refractivity contribution in [1.29, 1.82) is 0 Å². The first-order chi connectivity index (χ1) is 9.69. The molecule has 2 aliphatic rings. The van der Waals surface area contributed by atoms with Gasteiger partial charge in [0.05, 0.1) is 6.61 Å². The van der Waals surface area contributed by atoms with Gasteiger partial charge in [0.15, 0.2) is 5.69 Å². The summed E-state index contributed by atoms with van der Waals surface area (Å²) in [6.07, 6.45) is 2.82. The van der Waals surface area contributed by atoms with Crippen molar-refractivity contribution >= 4 is 17.9 Å². The Kier molecular flexibility index (Phi) is 3.33. The van der Waals surface area contributed by atoms with Crippen LogP contribution in [-0.4, -0.2) is 54.0 Å². The lowest BCUT2D eigenvalue weighted by Crippen LogP contribution is -2.51. The van der Waals surface area contributed by atoms with Gasteiger partial charge in [0.1, 0.15) is 6.26 Å². The largest absolute Gasteiger partial charge is 0.461 e. The predicted octanol–water partition coefficient (Wildman–Crippen LogP) is 0.662. The number of carbonyl (C=O) groups excluding carboxylic acids is 2. The van der Waals surface area contributed by atoms with Crippen molar-refractivity contribution in [1.82, 2.24) is 9.88 Å². The Labute approximate surface area is 116 Å². The lowest BCUT2D eigenvalue weighted by molar-refractivity contribution is -0.129. The van der Waals surface area contributed by atoms with Crippen LogP contribution in [0, 0.1) is 0 Å². The van der Waals surface area contributed by atoms with Crippen molar-refractivity contribution in [2.75, 3.05) is 31.1 Å². The highest BCUT2D eigenvalue weighted by atomic mass is 16.5. The number of rotatable bonds is 3. The van der Waals surface area contributed by atoms with E-state index in [4.69, 9.17) is 9.15 Å². The van der Waals surface area contributed by atoms with Crippen molar-refractivity contribution in [3.8, 4) is 0 Å². The summed E-state index contributed by atoms with van der Waals surface area (Å²) in [7, 11) is 0. The highest BCUT2D eigenvalue weighted by molar-refractivity contribution is 5.87. The summed E-state index contributed by atoms with van der Waals surface area (Å²) in [5.41, 5.74) is 0.187. The Morgan fingerprint density at radius 2 is 2.40 bits per heavy atom. The Morgan fingerprint density at radius 1 is 1.55 bits per heavy atom. The standard InChI is InChI=1S/C13H17N3O4/c1-2-19-12(18)10-8-20-13(14-10)15-5-6-16-9(7-15)3-4-11(16)17/h8-9H,2-7H2,1H3. The van der Waals surface area contributed by atoms with Crippen molar-refractivity contribution in [2.24, 2.45) is 0 Å². The SMILES string of the molecule is CCOC(=O)c1coc(N2CCN3C(=O)CCC3C2)n1. The number of hydrogen-bond donors (Lipinski definition) is 0. The number of hydrogen-bond acceptors (Lipinski definition) is 6.